The molecule has 2 heterocycles. The maximum atomic E-state index is 12.8. The first-order chi connectivity index (χ1) is 13.5. The monoisotopic (exact) mass is 461 g/mol. The van der Waals surface area contributed by atoms with E-state index in [0.29, 0.717) is 37.6 Å². The second kappa shape index (κ2) is 8.16. The molecule has 28 heavy (non-hydrogen) atoms. The van der Waals surface area contributed by atoms with E-state index in [1.54, 1.807) is 22.5 Å². The summed E-state index contributed by atoms with van der Waals surface area (Å²) in [6.07, 6.45) is 0. The fraction of sp³-hybridized carbons (Fsp3) is 0.250. The minimum atomic E-state index is -3.47. The number of nitrogens with zero attached hydrogens (tertiary/aromatic N) is 3. The zero-order chi connectivity index (χ0) is 19.6. The second-order valence-corrected chi connectivity index (χ2v) is 9.54. The van der Waals surface area contributed by atoms with Crippen molar-refractivity contribution in [2.45, 2.75) is 11.4 Å². The average Bonchev–Trinajstić information content (AvgIpc) is 3.18. The van der Waals surface area contributed by atoms with Gasteiger partial charge in [0.1, 0.15) is 5.69 Å². The van der Waals surface area contributed by atoms with Crippen LogP contribution in [0.25, 0.3) is 11.3 Å². The Bertz CT molecular complexity index is 1050. The van der Waals surface area contributed by atoms with Gasteiger partial charge in [0, 0.05) is 42.3 Å². The van der Waals surface area contributed by atoms with Crippen molar-refractivity contribution in [2.24, 2.45) is 0 Å². The summed E-state index contributed by atoms with van der Waals surface area (Å²) in [5, 5.41) is 4.14. The fourth-order valence-corrected chi connectivity index (χ4v) is 5.28. The van der Waals surface area contributed by atoms with Crippen LogP contribution in [0.3, 0.4) is 0 Å². The van der Waals surface area contributed by atoms with Gasteiger partial charge in [-0.15, -0.1) is 0 Å². The van der Waals surface area contributed by atoms with E-state index in [-0.39, 0.29) is 0 Å². The Morgan fingerprint density at radius 1 is 0.964 bits per heavy atom. The largest absolute Gasteiger partial charge is 0.359 e. The highest BCUT2D eigenvalue weighted by atomic mass is 79.9. The zero-order valence-electron chi connectivity index (χ0n) is 15.2. The lowest BCUT2D eigenvalue weighted by Gasteiger charge is -2.33. The number of hydrogen-bond acceptors (Lipinski definition) is 5. The summed E-state index contributed by atoms with van der Waals surface area (Å²) in [6, 6.07) is 18.7. The lowest BCUT2D eigenvalue weighted by Crippen LogP contribution is -2.48. The van der Waals surface area contributed by atoms with Crippen LogP contribution in [0, 0.1) is 0 Å². The molecule has 0 atom stereocenters. The van der Waals surface area contributed by atoms with Crippen molar-refractivity contribution >= 4 is 26.0 Å². The third-order valence-electron chi connectivity index (χ3n) is 4.77. The molecule has 0 spiro atoms. The van der Waals surface area contributed by atoms with E-state index in [1.165, 1.54) is 0 Å². The van der Waals surface area contributed by atoms with Crippen molar-refractivity contribution in [2.75, 3.05) is 26.2 Å². The molecule has 1 aliphatic heterocycles. The maximum Gasteiger partial charge on any atom is 0.243 e. The van der Waals surface area contributed by atoms with Gasteiger partial charge in [-0.1, -0.05) is 57.5 Å². The van der Waals surface area contributed by atoms with Crippen molar-refractivity contribution < 1.29 is 12.9 Å². The zero-order valence-corrected chi connectivity index (χ0v) is 17.6. The summed E-state index contributed by atoms with van der Waals surface area (Å²) < 4.78 is 33.4. The highest BCUT2D eigenvalue weighted by Crippen LogP contribution is 2.23. The first-order valence-electron chi connectivity index (χ1n) is 9.01. The molecule has 1 saturated heterocycles. The van der Waals surface area contributed by atoms with Gasteiger partial charge < -0.3 is 4.52 Å². The average molecular weight is 462 g/mol. The van der Waals surface area contributed by atoms with Crippen LogP contribution in [0.5, 0.6) is 0 Å². The lowest BCUT2D eigenvalue weighted by atomic mass is 10.1. The van der Waals surface area contributed by atoms with Gasteiger partial charge >= 0.3 is 0 Å². The molecule has 0 bridgehead atoms. The number of benzene rings is 2. The lowest BCUT2D eigenvalue weighted by molar-refractivity contribution is 0.166. The number of sulfonamides is 1. The topological polar surface area (TPSA) is 66.7 Å². The van der Waals surface area contributed by atoms with Crippen LogP contribution in [0.2, 0.25) is 0 Å². The van der Waals surface area contributed by atoms with Crippen LogP contribution in [-0.4, -0.2) is 49.0 Å². The minimum Gasteiger partial charge on any atom is -0.359 e. The molecule has 0 unspecified atom stereocenters. The SMILES string of the molecule is O=S(=O)(c1cccc(Br)c1)N1CCN(Cc2cc(-c3ccccc3)no2)CC1. The summed E-state index contributed by atoms with van der Waals surface area (Å²) in [7, 11) is -3.47. The van der Waals surface area contributed by atoms with E-state index in [9.17, 15) is 8.42 Å². The number of hydrogen-bond donors (Lipinski definition) is 0. The highest BCUT2D eigenvalue weighted by Gasteiger charge is 2.29. The van der Waals surface area contributed by atoms with Crippen LogP contribution in [0.1, 0.15) is 5.76 Å². The molecule has 4 rings (SSSR count). The Hall–Kier alpha value is -2.00. The minimum absolute atomic E-state index is 0.318. The Morgan fingerprint density at radius 3 is 2.43 bits per heavy atom. The Morgan fingerprint density at radius 2 is 1.71 bits per heavy atom. The van der Waals surface area contributed by atoms with Crippen LogP contribution in [0.4, 0.5) is 0 Å². The maximum absolute atomic E-state index is 12.8. The van der Waals surface area contributed by atoms with Gasteiger partial charge in [-0.2, -0.15) is 4.31 Å². The van der Waals surface area contributed by atoms with E-state index in [0.717, 1.165) is 21.5 Å². The predicted octanol–water partition coefficient (Wildman–Crippen LogP) is 3.61. The van der Waals surface area contributed by atoms with Crippen molar-refractivity contribution in [1.82, 2.24) is 14.4 Å². The molecular formula is C20H20BrN3O3S. The Kier molecular flexibility index (Phi) is 5.63. The highest BCUT2D eigenvalue weighted by molar-refractivity contribution is 9.10. The summed E-state index contributed by atoms with van der Waals surface area (Å²) >= 11 is 3.34. The molecule has 3 aromatic rings. The van der Waals surface area contributed by atoms with E-state index >= 15 is 0 Å². The molecule has 1 aliphatic rings. The Labute approximate surface area is 172 Å². The van der Waals surface area contributed by atoms with Crippen LogP contribution < -0.4 is 0 Å². The van der Waals surface area contributed by atoms with Gasteiger partial charge in [0.05, 0.1) is 11.4 Å². The van der Waals surface area contributed by atoms with Gasteiger partial charge in [0.15, 0.2) is 5.76 Å². The van der Waals surface area contributed by atoms with Crippen LogP contribution in [0.15, 0.2) is 74.6 Å². The molecule has 0 aliphatic carbocycles. The number of aromatic nitrogens is 1. The van der Waals surface area contributed by atoms with Gasteiger partial charge in [0.2, 0.25) is 10.0 Å². The predicted molar refractivity (Wildman–Crippen MR) is 110 cm³/mol. The molecule has 1 aromatic heterocycles. The normalized spacial score (nSPS) is 16.3. The summed E-state index contributed by atoms with van der Waals surface area (Å²) in [5.74, 6) is 0.780. The molecular weight excluding hydrogens is 442 g/mol. The second-order valence-electron chi connectivity index (χ2n) is 6.68. The molecule has 8 heteroatoms. The Balaban J connectivity index is 1.38. The molecule has 6 nitrogen and oxygen atoms in total. The fourth-order valence-electron chi connectivity index (χ4n) is 3.26. The molecule has 1 fully saturated rings. The van der Waals surface area contributed by atoms with Crippen LogP contribution >= 0.6 is 15.9 Å². The number of piperazine rings is 1. The first-order valence-corrected chi connectivity index (χ1v) is 11.2. The van der Waals surface area contributed by atoms with E-state index in [4.69, 9.17) is 4.52 Å². The third-order valence-corrected chi connectivity index (χ3v) is 7.16. The van der Waals surface area contributed by atoms with E-state index < -0.39 is 10.0 Å². The third kappa shape index (κ3) is 4.20. The van der Waals surface area contributed by atoms with E-state index in [2.05, 4.69) is 26.0 Å². The summed E-state index contributed by atoms with van der Waals surface area (Å²) in [4.78, 5) is 2.50. The van der Waals surface area contributed by atoms with Crippen LogP contribution in [-0.2, 0) is 16.6 Å². The van der Waals surface area contributed by atoms with Crippen molar-refractivity contribution in [1.29, 1.82) is 0 Å². The molecule has 0 amide bonds. The van der Waals surface area contributed by atoms with Gasteiger partial charge in [-0.3, -0.25) is 4.90 Å². The van der Waals surface area contributed by atoms with Gasteiger partial charge in [0.25, 0.3) is 0 Å². The standard InChI is InChI=1S/C20H20BrN3O3S/c21-17-7-4-8-19(13-17)28(25,26)24-11-9-23(10-12-24)15-18-14-20(22-27-18)16-5-2-1-3-6-16/h1-8,13-14H,9-12,15H2. The molecule has 0 N–H and O–H groups in total. The summed E-state index contributed by atoms with van der Waals surface area (Å²) in [5.41, 5.74) is 1.83. The van der Waals surface area contributed by atoms with Gasteiger partial charge in [-0.05, 0) is 18.2 Å². The number of halogens is 1. The molecule has 146 valence electrons. The quantitative estimate of drug-likeness (QED) is 0.580. The van der Waals surface area contributed by atoms with Crippen molar-refractivity contribution in [3.8, 4) is 11.3 Å². The van der Waals surface area contributed by atoms with Gasteiger partial charge in [-0.25, -0.2) is 8.42 Å². The summed E-state index contributed by atoms with van der Waals surface area (Å²) in [6.45, 7) is 2.82. The number of rotatable bonds is 5. The van der Waals surface area contributed by atoms with Crippen molar-refractivity contribution in [3.05, 3.63) is 70.9 Å². The first kappa shape index (κ1) is 19.3. The smallest absolute Gasteiger partial charge is 0.243 e. The molecule has 2 aromatic carbocycles. The van der Waals surface area contributed by atoms with E-state index in [1.807, 2.05) is 42.5 Å². The molecule has 0 saturated carbocycles. The van der Waals surface area contributed by atoms with Crippen molar-refractivity contribution in [3.63, 3.8) is 0 Å². The molecule has 0 radical (unpaired) electrons.